The van der Waals surface area contributed by atoms with Crippen molar-refractivity contribution in [3.05, 3.63) is 12.2 Å². The minimum absolute atomic E-state index is 0.537. The highest BCUT2D eigenvalue weighted by Gasteiger charge is 2.26. The van der Waals surface area contributed by atoms with Crippen LogP contribution in [-0.2, 0) is 0 Å². The van der Waals surface area contributed by atoms with Crippen molar-refractivity contribution in [2.75, 3.05) is 0 Å². The molecule has 0 aromatic heterocycles. The van der Waals surface area contributed by atoms with E-state index in [9.17, 15) is 5.11 Å². The maximum absolute atomic E-state index is 9.56. The number of allylic oxidation sites excluding steroid dienone is 1. The number of aliphatic hydroxyl groups is 2. The van der Waals surface area contributed by atoms with E-state index in [0.717, 1.165) is 0 Å². The van der Waals surface area contributed by atoms with E-state index < -0.39 is 11.7 Å². The third-order valence-electron chi connectivity index (χ3n) is 1.75. The third-order valence-corrected chi connectivity index (χ3v) is 1.75. The summed E-state index contributed by atoms with van der Waals surface area (Å²) in [4.78, 5) is 0. The van der Waals surface area contributed by atoms with Crippen molar-refractivity contribution in [1.82, 2.24) is 0 Å². The zero-order chi connectivity index (χ0) is 8.20. The van der Waals surface area contributed by atoms with Crippen molar-refractivity contribution < 1.29 is 10.2 Å². The van der Waals surface area contributed by atoms with E-state index in [2.05, 4.69) is 0 Å². The summed E-state index contributed by atoms with van der Waals surface area (Å²) < 4.78 is 0. The van der Waals surface area contributed by atoms with Crippen LogP contribution in [0.2, 0.25) is 0 Å². The first-order chi connectivity index (χ1) is 4.56. The molecule has 0 aromatic rings. The second-order valence-corrected chi connectivity index (χ2v) is 2.52. The quantitative estimate of drug-likeness (QED) is 0.582. The third kappa shape index (κ3) is 2.12. The van der Waals surface area contributed by atoms with E-state index in [1.54, 1.807) is 19.1 Å². The summed E-state index contributed by atoms with van der Waals surface area (Å²) in [6, 6.07) is 0. The molecule has 0 spiro atoms. The Labute approximate surface area is 62.2 Å². The first kappa shape index (κ1) is 9.66. The van der Waals surface area contributed by atoms with Crippen molar-refractivity contribution in [3.63, 3.8) is 0 Å². The molecule has 2 atom stereocenters. The Hall–Kier alpha value is -0.340. The summed E-state index contributed by atoms with van der Waals surface area (Å²) in [6.45, 7) is 5.25. The molecular formula is C8H16O2. The molecule has 0 saturated heterocycles. The molecule has 60 valence electrons. The highest BCUT2D eigenvalue weighted by molar-refractivity contribution is 5.02. The fraction of sp³-hybridized carbons (Fsp3) is 0.750. The molecule has 0 aromatic carbocycles. The van der Waals surface area contributed by atoms with Crippen LogP contribution in [0, 0.1) is 0 Å². The van der Waals surface area contributed by atoms with Gasteiger partial charge in [-0.25, -0.2) is 0 Å². The number of hydrogen-bond donors (Lipinski definition) is 2. The average Bonchev–Trinajstić information content (AvgIpc) is 1.88. The summed E-state index contributed by atoms with van der Waals surface area (Å²) in [7, 11) is 0. The molecular weight excluding hydrogens is 128 g/mol. The molecule has 0 radical (unpaired) electrons. The number of rotatable bonds is 3. The van der Waals surface area contributed by atoms with Gasteiger partial charge >= 0.3 is 0 Å². The van der Waals surface area contributed by atoms with Gasteiger partial charge in [0.1, 0.15) is 5.60 Å². The zero-order valence-electron chi connectivity index (χ0n) is 6.83. The van der Waals surface area contributed by atoms with Gasteiger partial charge in [-0.2, -0.15) is 0 Å². The average molecular weight is 144 g/mol. The molecule has 0 aliphatic rings. The van der Waals surface area contributed by atoms with Gasteiger partial charge in [-0.15, -0.1) is 0 Å². The van der Waals surface area contributed by atoms with E-state index in [1.165, 1.54) is 0 Å². The molecule has 2 unspecified atom stereocenters. The van der Waals surface area contributed by atoms with Crippen LogP contribution in [0.5, 0.6) is 0 Å². The van der Waals surface area contributed by atoms with Gasteiger partial charge < -0.3 is 10.2 Å². The van der Waals surface area contributed by atoms with Gasteiger partial charge in [0.25, 0.3) is 0 Å². The highest BCUT2D eigenvalue weighted by Crippen LogP contribution is 2.16. The van der Waals surface area contributed by atoms with Gasteiger partial charge in [0.15, 0.2) is 0 Å². The summed E-state index contributed by atoms with van der Waals surface area (Å²) in [5.74, 6) is 0. The van der Waals surface area contributed by atoms with Gasteiger partial charge in [-0.1, -0.05) is 19.1 Å². The standard InChI is InChI=1S/C8H16O2/c1-4-6-8(10,5-2)7(3)9/h4,6-7,9-10H,5H2,1-3H3/b6-4+. The predicted molar refractivity (Wildman–Crippen MR) is 41.7 cm³/mol. The van der Waals surface area contributed by atoms with Crippen LogP contribution in [0.15, 0.2) is 12.2 Å². The van der Waals surface area contributed by atoms with E-state index in [-0.39, 0.29) is 0 Å². The normalized spacial score (nSPS) is 20.9. The van der Waals surface area contributed by atoms with Crippen LogP contribution < -0.4 is 0 Å². The van der Waals surface area contributed by atoms with Gasteiger partial charge in [-0.05, 0) is 20.3 Å². The Bertz CT molecular complexity index is 118. The minimum atomic E-state index is -1.03. The van der Waals surface area contributed by atoms with Gasteiger partial charge in [0.2, 0.25) is 0 Å². The fourth-order valence-electron chi connectivity index (χ4n) is 0.841. The topological polar surface area (TPSA) is 40.5 Å². The molecule has 0 heterocycles. The largest absolute Gasteiger partial charge is 0.390 e. The molecule has 2 N–H and O–H groups in total. The molecule has 0 fully saturated rings. The van der Waals surface area contributed by atoms with Gasteiger partial charge in [0, 0.05) is 0 Å². The van der Waals surface area contributed by atoms with Crippen LogP contribution in [-0.4, -0.2) is 21.9 Å². The second kappa shape index (κ2) is 3.74. The lowest BCUT2D eigenvalue weighted by Crippen LogP contribution is -2.37. The molecule has 2 nitrogen and oxygen atoms in total. The molecule has 0 bridgehead atoms. The molecule has 0 amide bonds. The summed E-state index contributed by atoms with van der Waals surface area (Å²) in [5, 5.41) is 18.7. The Morgan fingerprint density at radius 3 is 2.20 bits per heavy atom. The number of hydrogen-bond acceptors (Lipinski definition) is 2. The monoisotopic (exact) mass is 144 g/mol. The van der Waals surface area contributed by atoms with Gasteiger partial charge in [-0.3, -0.25) is 0 Å². The Kier molecular flexibility index (Phi) is 3.61. The van der Waals surface area contributed by atoms with E-state index in [0.29, 0.717) is 6.42 Å². The lowest BCUT2D eigenvalue weighted by molar-refractivity contribution is -0.0315. The van der Waals surface area contributed by atoms with Crippen molar-refractivity contribution in [1.29, 1.82) is 0 Å². The summed E-state index contributed by atoms with van der Waals surface area (Å²) in [5.41, 5.74) is -1.03. The van der Waals surface area contributed by atoms with Crippen LogP contribution in [0.1, 0.15) is 27.2 Å². The van der Waals surface area contributed by atoms with Crippen molar-refractivity contribution in [2.24, 2.45) is 0 Å². The highest BCUT2D eigenvalue weighted by atomic mass is 16.3. The SMILES string of the molecule is C/C=C/C(O)(CC)C(C)O. The first-order valence-electron chi connectivity index (χ1n) is 3.61. The molecule has 0 saturated carbocycles. The van der Waals surface area contributed by atoms with Crippen LogP contribution in [0.4, 0.5) is 0 Å². The zero-order valence-corrected chi connectivity index (χ0v) is 6.83. The van der Waals surface area contributed by atoms with Crippen molar-refractivity contribution >= 4 is 0 Å². The second-order valence-electron chi connectivity index (χ2n) is 2.52. The minimum Gasteiger partial charge on any atom is -0.390 e. The smallest absolute Gasteiger partial charge is 0.108 e. The summed E-state index contributed by atoms with van der Waals surface area (Å²) in [6.07, 6.45) is 3.21. The van der Waals surface area contributed by atoms with E-state index >= 15 is 0 Å². The molecule has 0 aliphatic carbocycles. The van der Waals surface area contributed by atoms with Crippen LogP contribution in [0.3, 0.4) is 0 Å². The van der Waals surface area contributed by atoms with Crippen LogP contribution >= 0.6 is 0 Å². The molecule has 0 aliphatic heterocycles. The van der Waals surface area contributed by atoms with Gasteiger partial charge in [0.05, 0.1) is 6.10 Å². The maximum Gasteiger partial charge on any atom is 0.108 e. The fourth-order valence-corrected chi connectivity index (χ4v) is 0.841. The van der Waals surface area contributed by atoms with E-state index in [1.807, 2.05) is 13.8 Å². The summed E-state index contributed by atoms with van der Waals surface area (Å²) >= 11 is 0. The first-order valence-corrected chi connectivity index (χ1v) is 3.61. The molecule has 10 heavy (non-hydrogen) atoms. The lowest BCUT2D eigenvalue weighted by Gasteiger charge is -2.25. The Balaban J connectivity index is 4.22. The maximum atomic E-state index is 9.56. The molecule has 2 heteroatoms. The van der Waals surface area contributed by atoms with Crippen molar-refractivity contribution in [2.45, 2.75) is 38.9 Å². The lowest BCUT2D eigenvalue weighted by atomic mass is 9.94. The predicted octanol–water partition coefficient (Wildman–Crippen LogP) is 1.08. The number of aliphatic hydroxyl groups excluding tert-OH is 1. The van der Waals surface area contributed by atoms with E-state index in [4.69, 9.17) is 5.11 Å². The Morgan fingerprint density at radius 1 is 1.60 bits per heavy atom. The van der Waals surface area contributed by atoms with Crippen LogP contribution in [0.25, 0.3) is 0 Å². The van der Waals surface area contributed by atoms with Crippen molar-refractivity contribution in [3.8, 4) is 0 Å². The molecule has 0 rings (SSSR count). The Morgan fingerprint density at radius 2 is 2.10 bits per heavy atom.